The van der Waals surface area contributed by atoms with Gasteiger partial charge in [-0.05, 0) is 45.3 Å². The molecule has 114 valence electrons. The zero-order valence-corrected chi connectivity index (χ0v) is 13.0. The van der Waals surface area contributed by atoms with Crippen LogP contribution in [0.1, 0.15) is 25.3 Å². The van der Waals surface area contributed by atoms with Crippen LogP contribution in [0.3, 0.4) is 0 Å². The molecule has 0 spiro atoms. The van der Waals surface area contributed by atoms with Gasteiger partial charge in [0.25, 0.3) is 0 Å². The average molecular weight is 287 g/mol. The quantitative estimate of drug-likeness (QED) is 0.911. The molecule has 3 unspecified atom stereocenters. The van der Waals surface area contributed by atoms with E-state index in [2.05, 4.69) is 53.4 Å². The van der Waals surface area contributed by atoms with Crippen LogP contribution in [0.5, 0.6) is 0 Å². The van der Waals surface area contributed by atoms with Crippen molar-refractivity contribution in [1.82, 2.24) is 15.1 Å². The van der Waals surface area contributed by atoms with Gasteiger partial charge in [-0.3, -0.25) is 10.1 Å². The van der Waals surface area contributed by atoms with Gasteiger partial charge in [-0.25, -0.2) is 0 Å². The van der Waals surface area contributed by atoms with Crippen molar-refractivity contribution >= 4 is 5.91 Å². The summed E-state index contributed by atoms with van der Waals surface area (Å²) in [6.07, 6.45) is 3.09. The van der Waals surface area contributed by atoms with Crippen LogP contribution in [0.2, 0.25) is 0 Å². The molecular weight excluding hydrogens is 262 g/mol. The second kappa shape index (κ2) is 6.16. The Morgan fingerprint density at radius 3 is 2.71 bits per heavy atom. The summed E-state index contributed by atoms with van der Waals surface area (Å²) < 4.78 is 0. The standard InChI is InChI=1S/C17H25N3O/c1-13-18-16(9-8-14-6-4-3-5-7-14)17(21)20(13)15-10-11-19(2)12-15/h3-7,13,15-16,18H,8-12H2,1-2H3. The van der Waals surface area contributed by atoms with Crippen LogP contribution < -0.4 is 5.32 Å². The molecule has 3 rings (SSSR count). The third kappa shape index (κ3) is 3.11. The Hall–Kier alpha value is -1.39. The molecule has 2 aliphatic heterocycles. The summed E-state index contributed by atoms with van der Waals surface area (Å²) in [6, 6.07) is 10.8. The fraction of sp³-hybridized carbons (Fsp3) is 0.588. The molecule has 0 aliphatic carbocycles. The Labute approximate surface area is 127 Å². The summed E-state index contributed by atoms with van der Waals surface area (Å²) >= 11 is 0. The van der Waals surface area contributed by atoms with Gasteiger partial charge in [0.1, 0.15) is 0 Å². The second-order valence-corrected chi connectivity index (χ2v) is 6.37. The molecule has 0 saturated carbocycles. The highest BCUT2D eigenvalue weighted by atomic mass is 16.2. The van der Waals surface area contributed by atoms with Crippen molar-refractivity contribution in [2.24, 2.45) is 0 Å². The van der Waals surface area contributed by atoms with E-state index in [0.29, 0.717) is 11.9 Å². The predicted octanol–water partition coefficient (Wildman–Crippen LogP) is 1.47. The van der Waals surface area contributed by atoms with Crippen molar-refractivity contribution in [2.75, 3.05) is 20.1 Å². The fourth-order valence-electron chi connectivity index (χ4n) is 3.61. The van der Waals surface area contributed by atoms with E-state index in [9.17, 15) is 4.79 Å². The van der Waals surface area contributed by atoms with E-state index < -0.39 is 0 Å². The number of likely N-dealkylation sites (tertiary alicyclic amines) is 1. The van der Waals surface area contributed by atoms with Crippen LogP contribution in [-0.2, 0) is 11.2 Å². The van der Waals surface area contributed by atoms with Crippen LogP contribution in [0.25, 0.3) is 0 Å². The normalized spacial score (nSPS) is 30.3. The van der Waals surface area contributed by atoms with E-state index in [0.717, 1.165) is 32.4 Å². The van der Waals surface area contributed by atoms with E-state index in [1.807, 2.05) is 6.07 Å². The van der Waals surface area contributed by atoms with Crippen molar-refractivity contribution in [2.45, 2.75) is 44.4 Å². The smallest absolute Gasteiger partial charge is 0.241 e. The lowest BCUT2D eigenvalue weighted by Crippen LogP contribution is -2.44. The Morgan fingerprint density at radius 2 is 2.05 bits per heavy atom. The van der Waals surface area contributed by atoms with Gasteiger partial charge in [-0.2, -0.15) is 0 Å². The highest BCUT2D eigenvalue weighted by molar-refractivity contribution is 5.84. The van der Waals surface area contributed by atoms with Gasteiger partial charge < -0.3 is 9.80 Å². The van der Waals surface area contributed by atoms with Crippen molar-refractivity contribution in [3.8, 4) is 0 Å². The number of benzene rings is 1. The minimum Gasteiger partial charge on any atom is -0.322 e. The number of carbonyl (C=O) groups is 1. The third-order valence-electron chi connectivity index (χ3n) is 4.74. The maximum Gasteiger partial charge on any atom is 0.241 e. The first-order valence-electron chi connectivity index (χ1n) is 7.96. The SMILES string of the molecule is CC1NC(CCc2ccccc2)C(=O)N1C1CCN(C)C1. The van der Waals surface area contributed by atoms with Crippen molar-refractivity contribution in [3.63, 3.8) is 0 Å². The van der Waals surface area contributed by atoms with Gasteiger partial charge in [-0.15, -0.1) is 0 Å². The summed E-state index contributed by atoms with van der Waals surface area (Å²) in [4.78, 5) is 17.1. The first-order valence-corrected chi connectivity index (χ1v) is 7.96. The van der Waals surface area contributed by atoms with Crippen LogP contribution in [0, 0.1) is 0 Å². The number of amides is 1. The molecule has 2 aliphatic rings. The summed E-state index contributed by atoms with van der Waals surface area (Å²) in [7, 11) is 2.13. The summed E-state index contributed by atoms with van der Waals surface area (Å²) in [5.41, 5.74) is 1.30. The molecular formula is C17H25N3O. The van der Waals surface area contributed by atoms with Gasteiger partial charge >= 0.3 is 0 Å². The molecule has 1 N–H and O–H groups in total. The minimum atomic E-state index is -0.0221. The van der Waals surface area contributed by atoms with Crippen LogP contribution in [0.4, 0.5) is 0 Å². The molecule has 21 heavy (non-hydrogen) atoms. The molecule has 4 heteroatoms. The Bertz CT molecular complexity index is 490. The number of nitrogens with zero attached hydrogens (tertiary/aromatic N) is 2. The predicted molar refractivity (Wildman–Crippen MR) is 83.9 cm³/mol. The van der Waals surface area contributed by atoms with Crippen LogP contribution in [0.15, 0.2) is 30.3 Å². The highest BCUT2D eigenvalue weighted by Gasteiger charge is 2.41. The Morgan fingerprint density at radius 1 is 1.29 bits per heavy atom. The van der Waals surface area contributed by atoms with E-state index in [1.165, 1.54) is 5.56 Å². The van der Waals surface area contributed by atoms with E-state index in [-0.39, 0.29) is 12.2 Å². The Balaban J connectivity index is 1.59. The van der Waals surface area contributed by atoms with Crippen molar-refractivity contribution < 1.29 is 4.79 Å². The van der Waals surface area contributed by atoms with Gasteiger partial charge in [0.05, 0.1) is 12.2 Å². The van der Waals surface area contributed by atoms with E-state index >= 15 is 0 Å². The molecule has 0 bridgehead atoms. The number of hydrogen-bond donors (Lipinski definition) is 1. The van der Waals surface area contributed by atoms with E-state index in [4.69, 9.17) is 0 Å². The number of aryl methyl sites for hydroxylation is 1. The molecule has 0 aromatic heterocycles. The van der Waals surface area contributed by atoms with E-state index in [1.54, 1.807) is 0 Å². The molecule has 0 radical (unpaired) electrons. The molecule has 4 nitrogen and oxygen atoms in total. The highest BCUT2D eigenvalue weighted by Crippen LogP contribution is 2.23. The van der Waals surface area contributed by atoms with Crippen molar-refractivity contribution in [3.05, 3.63) is 35.9 Å². The number of rotatable bonds is 4. The number of carbonyl (C=O) groups excluding carboxylic acids is 1. The lowest BCUT2D eigenvalue weighted by molar-refractivity contribution is -0.131. The maximum absolute atomic E-state index is 12.7. The maximum atomic E-state index is 12.7. The molecule has 1 aromatic rings. The average Bonchev–Trinajstić information content (AvgIpc) is 3.01. The van der Waals surface area contributed by atoms with Gasteiger partial charge in [0.2, 0.25) is 5.91 Å². The van der Waals surface area contributed by atoms with Gasteiger partial charge in [0.15, 0.2) is 0 Å². The number of nitrogens with one attached hydrogen (secondary N) is 1. The van der Waals surface area contributed by atoms with Crippen molar-refractivity contribution in [1.29, 1.82) is 0 Å². The lowest BCUT2D eigenvalue weighted by atomic mass is 10.1. The van der Waals surface area contributed by atoms with Gasteiger partial charge in [0, 0.05) is 12.6 Å². The lowest BCUT2D eigenvalue weighted by Gasteiger charge is -2.27. The molecule has 1 aromatic carbocycles. The largest absolute Gasteiger partial charge is 0.322 e. The zero-order chi connectivity index (χ0) is 14.8. The number of hydrogen-bond acceptors (Lipinski definition) is 3. The first kappa shape index (κ1) is 14.5. The molecule has 2 fully saturated rings. The summed E-state index contributed by atoms with van der Waals surface area (Å²) in [6.45, 7) is 4.21. The Kier molecular flexibility index (Phi) is 4.27. The molecule has 1 amide bonds. The second-order valence-electron chi connectivity index (χ2n) is 6.37. The summed E-state index contributed by atoms with van der Waals surface area (Å²) in [5, 5.41) is 3.47. The molecule has 2 heterocycles. The minimum absolute atomic E-state index is 0.0221. The third-order valence-corrected chi connectivity index (χ3v) is 4.74. The van der Waals surface area contributed by atoms with Crippen LogP contribution >= 0.6 is 0 Å². The van der Waals surface area contributed by atoms with Crippen LogP contribution in [-0.4, -0.2) is 54.1 Å². The summed E-state index contributed by atoms with van der Waals surface area (Å²) in [5.74, 6) is 0.290. The molecule has 2 saturated heterocycles. The molecule has 3 atom stereocenters. The topological polar surface area (TPSA) is 35.6 Å². The fourth-order valence-corrected chi connectivity index (χ4v) is 3.61. The first-order chi connectivity index (χ1) is 10.1. The van der Waals surface area contributed by atoms with Gasteiger partial charge in [-0.1, -0.05) is 30.3 Å². The zero-order valence-electron chi connectivity index (χ0n) is 13.0. The number of likely N-dealkylation sites (N-methyl/N-ethyl adjacent to an activating group) is 1. The monoisotopic (exact) mass is 287 g/mol.